The van der Waals surface area contributed by atoms with Gasteiger partial charge >= 0.3 is 0 Å². The maximum atomic E-state index is 9.35. The smallest absolute Gasteiger partial charge is 0.209 e. The molecule has 0 saturated carbocycles. The molecule has 3 heteroatoms. The molecule has 0 aromatic rings. The molecule has 0 aromatic carbocycles. The zero-order valence-corrected chi connectivity index (χ0v) is 4.64. The lowest BCUT2D eigenvalue weighted by molar-refractivity contribution is 0.560. The van der Waals surface area contributed by atoms with Gasteiger partial charge in [0.1, 0.15) is 0 Å². The molecule has 0 aliphatic rings. The van der Waals surface area contributed by atoms with Gasteiger partial charge in [-0.25, -0.2) is 0 Å². The molecule has 0 aliphatic carbocycles. The molecule has 1 nitrogen and oxygen atoms in total. The summed E-state index contributed by atoms with van der Waals surface area (Å²) in [5.41, 5.74) is 0. The number of thioether (sulfide) groups is 1. The van der Waals surface area contributed by atoms with Crippen LogP contribution in [0.3, 0.4) is 0 Å². The van der Waals surface area contributed by atoms with E-state index in [9.17, 15) is 4.79 Å². The fourth-order valence-electron chi connectivity index (χ4n) is 0.0680. The molecule has 0 fully saturated rings. The van der Waals surface area contributed by atoms with Crippen molar-refractivity contribution in [2.75, 3.05) is 5.75 Å². The van der Waals surface area contributed by atoms with E-state index >= 15 is 0 Å². The number of hydrogen-bond donors (Lipinski definition) is 0. The summed E-state index contributed by atoms with van der Waals surface area (Å²) >= 11 is 5.65. The lowest BCUT2D eigenvalue weighted by Gasteiger charge is -1.70. The summed E-state index contributed by atoms with van der Waals surface area (Å²) in [5, 5.41) is 0. The molecule has 0 rings (SSSR count). The second-order valence-corrected chi connectivity index (χ2v) is 1.94. The lowest BCUT2D eigenvalue weighted by atomic mass is 10.9. The normalized spacial score (nSPS) is 7.33. The van der Waals surface area contributed by atoms with Crippen LogP contribution in [0.5, 0.6) is 0 Å². The predicted octanol–water partition coefficient (Wildman–Crippen LogP) is 0.786. The third kappa shape index (κ3) is 4.11. The fourth-order valence-corrected chi connectivity index (χ4v) is 0.408. The molecule has 1 radical (unpaired) electrons. The average Bonchev–Trinajstić information content (AvgIpc) is 1.61. The molecular weight excluding hydrogens is 116 g/mol. The van der Waals surface area contributed by atoms with Crippen LogP contribution in [0.25, 0.3) is 0 Å². The molecule has 0 spiro atoms. The Morgan fingerprint density at radius 3 is 2.83 bits per heavy atom. The number of hydrogen-bond acceptors (Lipinski definition) is 3. The van der Waals surface area contributed by atoms with Crippen molar-refractivity contribution in [1.29, 1.82) is 0 Å². The molecule has 0 saturated heterocycles. The monoisotopic (exact) mass is 119 g/mol. The summed E-state index contributed by atoms with van der Waals surface area (Å²) < 4.78 is 1.45. The van der Waals surface area contributed by atoms with E-state index < -0.39 is 0 Å². The molecule has 0 heterocycles. The van der Waals surface area contributed by atoms with Crippen molar-refractivity contribution in [2.24, 2.45) is 0 Å². The Morgan fingerprint density at radius 1 is 2.00 bits per heavy atom. The van der Waals surface area contributed by atoms with Crippen molar-refractivity contribution in [2.45, 2.75) is 0 Å². The minimum Gasteiger partial charge on any atom is -0.290 e. The van der Waals surface area contributed by atoms with E-state index in [0.717, 1.165) is 0 Å². The van der Waals surface area contributed by atoms with Crippen LogP contribution >= 0.6 is 24.0 Å². The second-order valence-electron chi connectivity index (χ2n) is 0.552. The number of thiocarbonyl (C=S) groups is 1. The van der Waals surface area contributed by atoms with Gasteiger partial charge in [-0.3, -0.25) is 4.79 Å². The molecular formula is C3H3OS2. The SMILES string of the molecule is O=[C]CSC=S. The molecule has 0 amide bonds. The van der Waals surface area contributed by atoms with Crippen LogP contribution < -0.4 is 0 Å². The van der Waals surface area contributed by atoms with Gasteiger partial charge in [-0.15, -0.1) is 11.8 Å². The summed E-state index contributed by atoms with van der Waals surface area (Å²) in [6.07, 6.45) is 1.68. The van der Waals surface area contributed by atoms with Gasteiger partial charge in [0.25, 0.3) is 0 Å². The van der Waals surface area contributed by atoms with Crippen LogP contribution in [0.1, 0.15) is 0 Å². The number of rotatable bonds is 3. The highest BCUT2D eigenvalue weighted by atomic mass is 32.2. The Labute approximate surface area is 46.1 Å². The standard InChI is InChI=1S/C3H3OS2/c4-1-2-6-3-5/h3H,2H2. The highest BCUT2D eigenvalue weighted by molar-refractivity contribution is 8.21. The Bertz CT molecular complexity index is 44.8. The lowest BCUT2D eigenvalue weighted by Crippen LogP contribution is -1.72. The fraction of sp³-hybridized carbons (Fsp3) is 0.333. The molecule has 0 aliphatic heterocycles. The van der Waals surface area contributed by atoms with E-state index in [4.69, 9.17) is 0 Å². The minimum absolute atomic E-state index is 0.365. The van der Waals surface area contributed by atoms with Gasteiger partial charge in [0.2, 0.25) is 6.29 Å². The van der Waals surface area contributed by atoms with Crippen molar-refractivity contribution in [1.82, 2.24) is 0 Å². The summed E-state index contributed by atoms with van der Waals surface area (Å²) in [6, 6.07) is 0. The van der Waals surface area contributed by atoms with Crippen LogP contribution in [0, 0.1) is 0 Å². The molecule has 6 heavy (non-hydrogen) atoms. The minimum atomic E-state index is 0.365. The van der Waals surface area contributed by atoms with Crippen molar-refractivity contribution < 1.29 is 4.79 Å². The first-order chi connectivity index (χ1) is 2.91. The first kappa shape index (κ1) is 6.11. The van der Waals surface area contributed by atoms with Crippen LogP contribution in [-0.4, -0.2) is 16.7 Å². The molecule has 0 N–H and O–H groups in total. The topological polar surface area (TPSA) is 17.1 Å². The van der Waals surface area contributed by atoms with Crippen molar-refractivity contribution in [3.8, 4) is 0 Å². The Hall–Kier alpha value is 0.110. The van der Waals surface area contributed by atoms with Crippen molar-refractivity contribution >= 4 is 35.0 Å². The maximum Gasteiger partial charge on any atom is 0.209 e. The van der Waals surface area contributed by atoms with Crippen LogP contribution in [-0.2, 0) is 4.79 Å². The van der Waals surface area contributed by atoms with Crippen LogP contribution in [0.4, 0.5) is 0 Å². The highest BCUT2D eigenvalue weighted by Gasteiger charge is 1.73. The summed E-state index contributed by atoms with van der Waals surface area (Å²) in [4.78, 5) is 9.35. The Balaban J connectivity index is 2.66. The van der Waals surface area contributed by atoms with Gasteiger partial charge in [0.05, 0.1) is 5.75 Å². The third-order valence-corrected chi connectivity index (χ3v) is 1.04. The van der Waals surface area contributed by atoms with E-state index in [1.54, 1.807) is 6.29 Å². The Kier molecular flexibility index (Phi) is 5.20. The highest BCUT2D eigenvalue weighted by Crippen LogP contribution is 1.87. The molecule has 0 unspecified atom stereocenters. The van der Waals surface area contributed by atoms with Gasteiger partial charge in [-0.1, -0.05) is 12.2 Å². The van der Waals surface area contributed by atoms with E-state index in [1.165, 1.54) is 16.5 Å². The van der Waals surface area contributed by atoms with Gasteiger partial charge in [-0.2, -0.15) is 0 Å². The van der Waals surface area contributed by atoms with Crippen LogP contribution in [0.2, 0.25) is 0 Å². The zero-order chi connectivity index (χ0) is 4.83. The summed E-state index contributed by atoms with van der Waals surface area (Å²) in [5.74, 6) is 0.365. The van der Waals surface area contributed by atoms with Crippen molar-refractivity contribution in [3.63, 3.8) is 0 Å². The first-order valence-corrected chi connectivity index (χ1v) is 2.84. The van der Waals surface area contributed by atoms with E-state index in [2.05, 4.69) is 12.2 Å². The van der Waals surface area contributed by atoms with Gasteiger partial charge in [-0.05, 0) is 0 Å². The van der Waals surface area contributed by atoms with Gasteiger partial charge < -0.3 is 0 Å². The molecule has 33 valence electrons. The van der Waals surface area contributed by atoms with E-state index in [0.29, 0.717) is 5.75 Å². The van der Waals surface area contributed by atoms with Gasteiger partial charge in [0, 0.05) is 4.70 Å². The Morgan fingerprint density at radius 2 is 2.67 bits per heavy atom. The average molecular weight is 119 g/mol. The predicted molar refractivity (Wildman–Crippen MR) is 31.8 cm³/mol. The molecule has 0 aromatic heterocycles. The molecule has 0 atom stereocenters. The number of carbonyl (C=O) groups excluding carboxylic acids is 1. The van der Waals surface area contributed by atoms with Gasteiger partial charge in [0.15, 0.2) is 0 Å². The quantitative estimate of drug-likeness (QED) is 0.404. The third-order valence-electron chi connectivity index (χ3n) is 0.210. The second kappa shape index (κ2) is 5.11. The zero-order valence-electron chi connectivity index (χ0n) is 3.01. The van der Waals surface area contributed by atoms with Crippen LogP contribution in [0.15, 0.2) is 0 Å². The largest absolute Gasteiger partial charge is 0.290 e. The summed E-state index contributed by atoms with van der Waals surface area (Å²) in [7, 11) is 0. The first-order valence-electron chi connectivity index (χ1n) is 1.32. The van der Waals surface area contributed by atoms with Crippen molar-refractivity contribution in [3.05, 3.63) is 0 Å². The summed E-state index contributed by atoms with van der Waals surface area (Å²) in [6.45, 7) is 0. The molecule has 0 bridgehead atoms. The van der Waals surface area contributed by atoms with E-state index in [1.807, 2.05) is 0 Å². The maximum absolute atomic E-state index is 9.35. The van der Waals surface area contributed by atoms with E-state index in [-0.39, 0.29) is 0 Å².